The van der Waals surface area contributed by atoms with Crippen LogP contribution >= 0.6 is 11.3 Å². The minimum atomic E-state index is -0.0599. The van der Waals surface area contributed by atoms with Gasteiger partial charge in [0.25, 0.3) is 0 Å². The van der Waals surface area contributed by atoms with Crippen LogP contribution in [0.1, 0.15) is 0 Å². The third-order valence-electron chi connectivity index (χ3n) is 3.98. The largest absolute Gasteiger partial charge is 0.353 e. The average Bonchev–Trinajstić information content (AvgIpc) is 3.26. The molecule has 10 heteroatoms. The Morgan fingerprint density at radius 2 is 2.17 bits per heavy atom. The molecule has 0 radical (unpaired) electrons. The Labute approximate surface area is 141 Å². The van der Waals surface area contributed by atoms with Crippen molar-refractivity contribution < 1.29 is 4.79 Å². The van der Waals surface area contributed by atoms with Crippen LogP contribution in [0.25, 0.3) is 11.0 Å². The molecule has 1 saturated heterocycles. The number of rotatable bonds is 4. The number of carbonyl (C=O) groups excluding carboxylic acids is 1. The smallest absolute Gasteiger partial charge is 0.240 e. The van der Waals surface area contributed by atoms with Crippen molar-refractivity contribution in [2.45, 2.75) is 0 Å². The summed E-state index contributed by atoms with van der Waals surface area (Å²) in [6, 6.07) is 1.99. The average molecular weight is 344 g/mol. The molecule has 0 aliphatic carbocycles. The van der Waals surface area contributed by atoms with Crippen molar-refractivity contribution in [2.75, 3.05) is 42.9 Å². The number of hydrogen-bond donors (Lipinski definition) is 2. The Hall–Kier alpha value is -2.59. The van der Waals surface area contributed by atoms with Crippen LogP contribution in [-0.2, 0) is 4.79 Å². The number of amides is 1. The van der Waals surface area contributed by atoms with Gasteiger partial charge < -0.3 is 9.88 Å². The van der Waals surface area contributed by atoms with Gasteiger partial charge in [-0.25, -0.2) is 9.97 Å². The van der Waals surface area contributed by atoms with Crippen LogP contribution in [0, 0.1) is 0 Å². The highest BCUT2D eigenvalue weighted by molar-refractivity contribution is 7.13. The molecule has 9 nitrogen and oxygen atoms in total. The maximum Gasteiger partial charge on any atom is 0.240 e. The highest BCUT2D eigenvalue weighted by Crippen LogP contribution is 2.22. The van der Waals surface area contributed by atoms with Gasteiger partial charge in [-0.15, -0.1) is 10.2 Å². The second-order valence-electron chi connectivity index (χ2n) is 5.49. The van der Waals surface area contributed by atoms with E-state index in [0.29, 0.717) is 11.7 Å². The molecule has 0 bridgehead atoms. The Bertz CT molecular complexity index is 824. The SMILES string of the molecule is O=C(CN1CCN(c2ncnc3[nH]ccc23)CC1)Nc1nncs1. The highest BCUT2D eigenvalue weighted by atomic mass is 32.1. The van der Waals surface area contributed by atoms with Gasteiger partial charge in [-0.3, -0.25) is 15.0 Å². The summed E-state index contributed by atoms with van der Waals surface area (Å²) < 4.78 is 0. The zero-order valence-corrected chi connectivity index (χ0v) is 13.7. The first-order valence-corrected chi connectivity index (χ1v) is 8.49. The normalized spacial score (nSPS) is 15.8. The van der Waals surface area contributed by atoms with E-state index in [0.717, 1.165) is 43.0 Å². The minimum Gasteiger partial charge on any atom is -0.353 e. The molecule has 24 heavy (non-hydrogen) atoms. The van der Waals surface area contributed by atoms with Gasteiger partial charge in [0.05, 0.1) is 11.9 Å². The van der Waals surface area contributed by atoms with Crippen molar-refractivity contribution in [1.29, 1.82) is 0 Å². The van der Waals surface area contributed by atoms with E-state index in [2.05, 4.69) is 40.3 Å². The quantitative estimate of drug-likeness (QED) is 0.713. The van der Waals surface area contributed by atoms with E-state index in [9.17, 15) is 4.79 Å². The van der Waals surface area contributed by atoms with E-state index >= 15 is 0 Å². The molecule has 0 atom stereocenters. The summed E-state index contributed by atoms with van der Waals surface area (Å²) in [5, 5.41) is 11.8. The molecule has 0 aromatic carbocycles. The summed E-state index contributed by atoms with van der Waals surface area (Å²) >= 11 is 1.31. The van der Waals surface area contributed by atoms with E-state index in [1.54, 1.807) is 11.8 Å². The van der Waals surface area contributed by atoms with Gasteiger partial charge >= 0.3 is 0 Å². The lowest BCUT2D eigenvalue weighted by Gasteiger charge is -2.35. The Kier molecular flexibility index (Phi) is 4.05. The van der Waals surface area contributed by atoms with Crippen LogP contribution in [0.3, 0.4) is 0 Å². The van der Waals surface area contributed by atoms with Gasteiger partial charge in [-0.05, 0) is 6.07 Å². The zero-order valence-electron chi connectivity index (χ0n) is 12.8. The fourth-order valence-corrected chi connectivity index (χ4v) is 3.28. The molecule has 1 aliphatic heterocycles. The third-order valence-corrected chi connectivity index (χ3v) is 4.59. The number of aromatic amines is 1. The van der Waals surface area contributed by atoms with Crippen molar-refractivity contribution in [3.8, 4) is 0 Å². The van der Waals surface area contributed by atoms with E-state index in [1.807, 2.05) is 12.3 Å². The molecule has 0 unspecified atom stereocenters. The summed E-state index contributed by atoms with van der Waals surface area (Å²) in [4.78, 5) is 28.1. The topological polar surface area (TPSA) is 103 Å². The fraction of sp³-hybridized carbons (Fsp3) is 0.357. The van der Waals surface area contributed by atoms with Crippen LogP contribution in [0.4, 0.5) is 10.9 Å². The zero-order chi connectivity index (χ0) is 16.4. The molecule has 0 saturated carbocycles. The van der Waals surface area contributed by atoms with Crippen molar-refractivity contribution in [1.82, 2.24) is 30.0 Å². The predicted molar refractivity (Wildman–Crippen MR) is 91.1 cm³/mol. The fourth-order valence-electron chi connectivity index (χ4n) is 2.82. The summed E-state index contributed by atoms with van der Waals surface area (Å²) in [6.07, 6.45) is 3.45. The molecule has 3 aromatic heterocycles. The number of nitrogens with zero attached hydrogens (tertiary/aromatic N) is 6. The Balaban J connectivity index is 1.35. The van der Waals surface area contributed by atoms with Crippen LogP contribution < -0.4 is 10.2 Å². The van der Waals surface area contributed by atoms with Gasteiger partial charge in [-0.2, -0.15) is 0 Å². The van der Waals surface area contributed by atoms with Crippen molar-refractivity contribution in [2.24, 2.45) is 0 Å². The van der Waals surface area contributed by atoms with Crippen molar-refractivity contribution in [3.63, 3.8) is 0 Å². The van der Waals surface area contributed by atoms with Gasteiger partial charge in [0, 0.05) is 32.4 Å². The number of nitrogens with one attached hydrogen (secondary N) is 2. The number of anilines is 2. The maximum atomic E-state index is 12.0. The Morgan fingerprint density at radius 1 is 1.29 bits per heavy atom. The second-order valence-corrected chi connectivity index (χ2v) is 6.33. The van der Waals surface area contributed by atoms with Crippen LogP contribution in [-0.4, -0.2) is 68.7 Å². The molecule has 2 N–H and O–H groups in total. The Morgan fingerprint density at radius 3 is 2.96 bits per heavy atom. The molecule has 0 spiro atoms. The maximum absolute atomic E-state index is 12.0. The van der Waals surface area contributed by atoms with Gasteiger partial charge in [-0.1, -0.05) is 11.3 Å². The molecule has 4 heterocycles. The van der Waals surface area contributed by atoms with Gasteiger partial charge in [0.1, 0.15) is 23.3 Å². The lowest BCUT2D eigenvalue weighted by Crippen LogP contribution is -2.49. The molecule has 1 fully saturated rings. The van der Waals surface area contributed by atoms with Crippen LogP contribution in [0.5, 0.6) is 0 Å². The monoisotopic (exact) mass is 344 g/mol. The minimum absolute atomic E-state index is 0.0599. The molecule has 1 amide bonds. The highest BCUT2D eigenvalue weighted by Gasteiger charge is 2.21. The molecule has 4 rings (SSSR count). The number of fused-ring (bicyclic) bond motifs is 1. The van der Waals surface area contributed by atoms with Crippen molar-refractivity contribution in [3.05, 3.63) is 24.1 Å². The molecule has 124 valence electrons. The lowest BCUT2D eigenvalue weighted by molar-refractivity contribution is -0.117. The molecule has 1 aliphatic rings. The number of aromatic nitrogens is 5. The van der Waals surface area contributed by atoms with E-state index < -0.39 is 0 Å². The van der Waals surface area contributed by atoms with Gasteiger partial charge in [0.15, 0.2) is 0 Å². The number of piperazine rings is 1. The summed E-state index contributed by atoms with van der Waals surface area (Å²) in [5.41, 5.74) is 2.44. The summed E-state index contributed by atoms with van der Waals surface area (Å²) in [7, 11) is 0. The van der Waals surface area contributed by atoms with E-state index in [-0.39, 0.29) is 5.91 Å². The second kappa shape index (κ2) is 6.49. The van der Waals surface area contributed by atoms with Crippen LogP contribution in [0.2, 0.25) is 0 Å². The lowest BCUT2D eigenvalue weighted by atomic mass is 10.2. The number of carbonyl (C=O) groups is 1. The summed E-state index contributed by atoms with van der Waals surface area (Å²) in [5.74, 6) is 0.884. The molecular formula is C14H16N8OS. The third kappa shape index (κ3) is 3.05. The number of H-pyrrole nitrogens is 1. The number of hydrogen-bond acceptors (Lipinski definition) is 8. The molecular weight excluding hydrogens is 328 g/mol. The first-order valence-electron chi connectivity index (χ1n) is 7.61. The van der Waals surface area contributed by atoms with Gasteiger partial charge in [0.2, 0.25) is 11.0 Å². The molecule has 3 aromatic rings. The predicted octanol–water partition coefficient (Wildman–Crippen LogP) is 0.570. The summed E-state index contributed by atoms with van der Waals surface area (Å²) in [6.45, 7) is 3.61. The standard InChI is InChI=1S/C14H16N8OS/c23-11(19-14-20-18-9-24-14)7-21-3-5-22(6-4-21)13-10-1-2-15-12(10)16-8-17-13/h1-2,8-9H,3-7H2,(H,15,16,17)(H,19,20,23). The van der Waals surface area contributed by atoms with E-state index in [1.165, 1.54) is 11.3 Å². The van der Waals surface area contributed by atoms with Crippen LogP contribution in [0.15, 0.2) is 24.1 Å². The first kappa shape index (κ1) is 15.0. The van der Waals surface area contributed by atoms with E-state index in [4.69, 9.17) is 0 Å². The van der Waals surface area contributed by atoms with Crippen molar-refractivity contribution >= 4 is 39.2 Å². The first-order chi connectivity index (χ1) is 11.8.